The van der Waals surface area contributed by atoms with Crippen LogP contribution in [-0.2, 0) is 14.3 Å². The van der Waals surface area contributed by atoms with Crippen molar-refractivity contribution in [2.24, 2.45) is 11.8 Å². The molecule has 0 bridgehead atoms. The van der Waals surface area contributed by atoms with Crippen LogP contribution in [0.15, 0.2) is 23.8 Å². The smallest absolute Gasteiger partial charge is 0.334 e. The molecule has 1 heterocycles. The molecular formula is C15H20O4. The van der Waals surface area contributed by atoms with Gasteiger partial charge in [-0.3, -0.25) is 0 Å². The molecule has 0 aromatic carbocycles. The molecular weight excluding hydrogens is 244 g/mol. The number of allylic oxidation sites excluding steroid dienone is 1. The first-order valence-electron chi connectivity index (χ1n) is 6.73. The van der Waals surface area contributed by atoms with Crippen LogP contribution in [0.4, 0.5) is 0 Å². The lowest BCUT2D eigenvalue weighted by Gasteiger charge is -2.23. The van der Waals surface area contributed by atoms with Crippen molar-refractivity contribution in [1.29, 1.82) is 0 Å². The van der Waals surface area contributed by atoms with Crippen molar-refractivity contribution in [3.05, 3.63) is 23.8 Å². The average Bonchev–Trinajstić information content (AvgIpc) is 2.63. The van der Waals surface area contributed by atoms with Crippen LogP contribution in [0.2, 0.25) is 0 Å². The number of ether oxygens (including phenoxy) is 1. The highest BCUT2D eigenvalue weighted by molar-refractivity contribution is 5.91. The summed E-state index contributed by atoms with van der Waals surface area (Å²) in [7, 11) is 0. The third-order valence-electron chi connectivity index (χ3n) is 4.11. The lowest BCUT2D eigenvalue weighted by atomic mass is 9.84. The molecule has 2 aliphatic rings. The maximum Gasteiger partial charge on any atom is 0.334 e. The van der Waals surface area contributed by atoms with Gasteiger partial charge in [0, 0.05) is 17.4 Å². The second kappa shape index (κ2) is 5.70. The molecule has 1 aliphatic carbocycles. The Balaban J connectivity index is 2.23. The Bertz CT molecular complexity index is 424. The fraction of sp³-hybridized carbons (Fsp3) is 0.600. The van der Waals surface area contributed by atoms with Crippen LogP contribution < -0.4 is 0 Å². The Morgan fingerprint density at radius 2 is 2.16 bits per heavy atom. The van der Waals surface area contributed by atoms with Crippen molar-refractivity contribution in [1.82, 2.24) is 0 Å². The van der Waals surface area contributed by atoms with Gasteiger partial charge in [0.1, 0.15) is 12.4 Å². The molecule has 0 unspecified atom stereocenters. The van der Waals surface area contributed by atoms with E-state index < -0.39 is 6.10 Å². The van der Waals surface area contributed by atoms with Crippen molar-refractivity contribution in [2.75, 3.05) is 0 Å². The first kappa shape index (κ1) is 14.0. The van der Waals surface area contributed by atoms with Gasteiger partial charge in [0.25, 0.3) is 0 Å². The summed E-state index contributed by atoms with van der Waals surface area (Å²) < 4.78 is 5.31. The third kappa shape index (κ3) is 2.95. The van der Waals surface area contributed by atoms with Crippen LogP contribution >= 0.6 is 0 Å². The van der Waals surface area contributed by atoms with Gasteiger partial charge in [0.05, 0.1) is 6.10 Å². The van der Waals surface area contributed by atoms with Crippen LogP contribution in [-0.4, -0.2) is 29.6 Å². The molecule has 0 aromatic heterocycles. The molecule has 1 saturated heterocycles. The SMILES string of the molecule is C=C1C(=O)O[C@@H]2/C=C(\C)CC[C@@H](O)[C@@H](C=O)CC[C@@H]12. The second-order valence-corrected chi connectivity index (χ2v) is 5.50. The van der Waals surface area contributed by atoms with Gasteiger partial charge in [-0.2, -0.15) is 0 Å². The zero-order valence-corrected chi connectivity index (χ0v) is 11.2. The maximum absolute atomic E-state index is 11.6. The minimum absolute atomic E-state index is 0.0739. The highest BCUT2D eigenvalue weighted by Gasteiger charge is 2.38. The number of aliphatic hydroxyl groups is 1. The summed E-state index contributed by atoms with van der Waals surface area (Å²) >= 11 is 0. The van der Waals surface area contributed by atoms with Crippen LogP contribution in [0.3, 0.4) is 0 Å². The molecule has 0 spiro atoms. The van der Waals surface area contributed by atoms with Crippen molar-refractivity contribution >= 4 is 12.3 Å². The zero-order chi connectivity index (χ0) is 14.0. The van der Waals surface area contributed by atoms with E-state index >= 15 is 0 Å². The standard InChI is InChI=1S/C15H20O4/c1-9-3-6-13(17)11(8-16)4-5-12-10(2)15(18)19-14(12)7-9/h7-8,11-14,17H,2-6H2,1H3/b9-7+/t11-,12+,13-,14-/m1/s1. The molecule has 1 aliphatic heterocycles. The predicted octanol–water partition coefficient (Wildman–Crippen LogP) is 1.78. The summed E-state index contributed by atoms with van der Waals surface area (Å²) in [6.45, 7) is 5.74. The van der Waals surface area contributed by atoms with E-state index in [1.807, 2.05) is 13.0 Å². The zero-order valence-electron chi connectivity index (χ0n) is 11.2. The molecule has 104 valence electrons. The minimum atomic E-state index is -0.608. The van der Waals surface area contributed by atoms with Crippen molar-refractivity contribution in [2.45, 2.75) is 44.8 Å². The highest BCUT2D eigenvalue weighted by Crippen LogP contribution is 2.34. The number of rotatable bonds is 1. The lowest BCUT2D eigenvalue weighted by molar-refractivity contribution is -0.137. The van der Waals surface area contributed by atoms with Gasteiger partial charge in [-0.15, -0.1) is 0 Å². The quantitative estimate of drug-likeness (QED) is 0.339. The van der Waals surface area contributed by atoms with E-state index in [0.29, 0.717) is 31.3 Å². The average molecular weight is 264 g/mol. The molecule has 0 radical (unpaired) electrons. The molecule has 0 amide bonds. The lowest BCUT2D eigenvalue weighted by Crippen LogP contribution is -2.25. The number of carbonyl (C=O) groups is 2. The number of hydrogen-bond acceptors (Lipinski definition) is 4. The summed E-state index contributed by atoms with van der Waals surface area (Å²) in [6, 6.07) is 0. The largest absolute Gasteiger partial charge is 0.454 e. The molecule has 2 rings (SSSR count). The summed E-state index contributed by atoms with van der Waals surface area (Å²) in [5.74, 6) is -0.785. The van der Waals surface area contributed by atoms with E-state index in [1.54, 1.807) is 0 Å². The number of esters is 1. The molecule has 1 fully saturated rings. The molecule has 0 saturated carbocycles. The minimum Gasteiger partial charge on any atom is -0.454 e. The van der Waals surface area contributed by atoms with Gasteiger partial charge in [-0.1, -0.05) is 12.2 Å². The number of aldehydes is 1. The van der Waals surface area contributed by atoms with E-state index in [-0.39, 0.29) is 23.9 Å². The van der Waals surface area contributed by atoms with Gasteiger partial charge in [-0.25, -0.2) is 4.79 Å². The monoisotopic (exact) mass is 264 g/mol. The summed E-state index contributed by atoms with van der Waals surface area (Å²) in [4.78, 5) is 22.6. The molecule has 4 nitrogen and oxygen atoms in total. The summed E-state index contributed by atoms with van der Waals surface area (Å²) in [6.07, 6.45) is 4.38. The topological polar surface area (TPSA) is 63.6 Å². The Kier molecular flexibility index (Phi) is 4.20. The van der Waals surface area contributed by atoms with Crippen molar-refractivity contribution < 1.29 is 19.4 Å². The van der Waals surface area contributed by atoms with E-state index in [0.717, 1.165) is 11.9 Å². The fourth-order valence-corrected chi connectivity index (χ4v) is 2.80. The number of hydrogen-bond donors (Lipinski definition) is 1. The Morgan fingerprint density at radius 1 is 1.42 bits per heavy atom. The van der Waals surface area contributed by atoms with Crippen LogP contribution in [0.1, 0.15) is 32.6 Å². The molecule has 0 aromatic rings. The van der Waals surface area contributed by atoms with Gasteiger partial charge < -0.3 is 14.6 Å². The van der Waals surface area contributed by atoms with Crippen LogP contribution in [0, 0.1) is 11.8 Å². The van der Waals surface area contributed by atoms with E-state index in [9.17, 15) is 14.7 Å². The predicted molar refractivity (Wildman–Crippen MR) is 70.3 cm³/mol. The Hall–Kier alpha value is -1.42. The Morgan fingerprint density at radius 3 is 2.84 bits per heavy atom. The normalized spacial score (nSPS) is 38.9. The number of fused-ring (bicyclic) bond motifs is 1. The molecule has 19 heavy (non-hydrogen) atoms. The molecule has 1 N–H and O–H groups in total. The molecule has 4 heteroatoms. The first-order chi connectivity index (χ1) is 9.02. The number of carbonyl (C=O) groups excluding carboxylic acids is 2. The maximum atomic E-state index is 11.6. The first-order valence-corrected chi connectivity index (χ1v) is 6.73. The van der Waals surface area contributed by atoms with E-state index in [2.05, 4.69) is 6.58 Å². The van der Waals surface area contributed by atoms with Gasteiger partial charge >= 0.3 is 5.97 Å². The van der Waals surface area contributed by atoms with E-state index in [1.165, 1.54) is 0 Å². The summed E-state index contributed by atoms with van der Waals surface area (Å²) in [5, 5.41) is 9.99. The van der Waals surface area contributed by atoms with Crippen molar-refractivity contribution in [3.63, 3.8) is 0 Å². The summed E-state index contributed by atoms with van der Waals surface area (Å²) in [5.41, 5.74) is 1.55. The highest BCUT2D eigenvalue weighted by atomic mass is 16.5. The van der Waals surface area contributed by atoms with Gasteiger partial charge in [0.2, 0.25) is 0 Å². The second-order valence-electron chi connectivity index (χ2n) is 5.50. The van der Waals surface area contributed by atoms with Gasteiger partial charge in [0.15, 0.2) is 0 Å². The number of aliphatic hydroxyl groups excluding tert-OH is 1. The third-order valence-corrected chi connectivity index (χ3v) is 4.11. The Labute approximate surface area is 113 Å². The molecule has 4 atom stereocenters. The van der Waals surface area contributed by atoms with Crippen LogP contribution in [0.5, 0.6) is 0 Å². The van der Waals surface area contributed by atoms with E-state index in [4.69, 9.17) is 4.74 Å². The van der Waals surface area contributed by atoms with Crippen molar-refractivity contribution in [3.8, 4) is 0 Å². The van der Waals surface area contributed by atoms with Crippen LogP contribution in [0.25, 0.3) is 0 Å². The fourth-order valence-electron chi connectivity index (χ4n) is 2.80. The van der Waals surface area contributed by atoms with Gasteiger partial charge in [-0.05, 0) is 38.7 Å².